The van der Waals surface area contributed by atoms with Crippen LogP contribution in [0.5, 0.6) is 0 Å². The van der Waals surface area contributed by atoms with Crippen LogP contribution in [0.25, 0.3) is 0 Å². The van der Waals surface area contributed by atoms with Crippen molar-refractivity contribution in [3.8, 4) is 0 Å². The summed E-state index contributed by atoms with van der Waals surface area (Å²) in [7, 11) is 0. The van der Waals surface area contributed by atoms with Crippen molar-refractivity contribution in [1.29, 1.82) is 0 Å². The molecule has 2 aliphatic heterocycles. The Kier molecular flexibility index (Phi) is 5.01. The fourth-order valence-electron chi connectivity index (χ4n) is 2.32. The summed E-state index contributed by atoms with van der Waals surface area (Å²) in [5, 5.41) is 0. The Morgan fingerprint density at radius 1 is 1.33 bits per heavy atom. The predicted molar refractivity (Wildman–Crippen MR) is 67.7 cm³/mol. The van der Waals surface area contributed by atoms with Gasteiger partial charge in [-0.3, -0.25) is 0 Å². The summed E-state index contributed by atoms with van der Waals surface area (Å²) in [6.45, 7) is 6.03. The molecule has 102 valence electrons. The lowest BCUT2D eigenvalue weighted by Gasteiger charge is -2.31. The van der Waals surface area contributed by atoms with Crippen molar-refractivity contribution in [2.75, 3.05) is 19.7 Å². The summed E-state index contributed by atoms with van der Waals surface area (Å²) in [5.74, 6) is 0.539. The Balaban J connectivity index is 1.66. The lowest BCUT2D eigenvalue weighted by Crippen LogP contribution is -2.45. The van der Waals surface area contributed by atoms with Crippen molar-refractivity contribution in [2.24, 2.45) is 5.92 Å². The molecule has 18 heavy (non-hydrogen) atoms. The topological polar surface area (TPSA) is 50.8 Å². The number of likely N-dealkylation sites (tertiary alicyclic amines) is 1. The van der Waals surface area contributed by atoms with E-state index < -0.39 is 0 Å². The minimum Gasteiger partial charge on any atom is -0.350 e. The lowest BCUT2D eigenvalue weighted by atomic mass is 9.97. The lowest BCUT2D eigenvalue weighted by molar-refractivity contribution is -0.187. The number of rotatable bonds is 3. The number of allylic oxidation sites excluding steroid dienone is 1. The predicted octanol–water partition coefficient (Wildman–Crippen LogP) is 2.05. The molecule has 2 rings (SSSR count). The van der Waals surface area contributed by atoms with E-state index in [1.165, 1.54) is 0 Å². The van der Waals surface area contributed by atoms with E-state index in [9.17, 15) is 4.79 Å². The van der Waals surface area contributed by atoms with Gasteiger partial charge in [-0.25, -0.2) is 15.1 Å². The summed E-state index contributed by atoms with van der Waals surface area (Å²) < 4.78 is 5.38. The highest BCUT2D eigenvalue weighted by atomic mass is 16.8. The SMILES string of the molecule is C=CC1CCN(C(=O)NO[C@H]2CCCCO2)CC1. The van der Waals surface area contributed by atoms with Crippen molar-refractivity contribution >= 4 is 6.03 Å². The van der Waals surface area contributed by atoms with Gasteiger partial charge in [-0.2, -0.15) is 0 Å². The Bertz CT molecular complexity index is 282. The highest BCUT2D eigenvalue weighted by Crippen LogP contribution is 2.18. The number of nitrogens with one attached hydrogen (secondary N) is 1. The number of hydrogen-bond acceptors (Lipinski definition) is 3. The summed E-state index contributed by atoms with van der Waals surface area (Å²) in [5.41, 5.74) is 2.49. The molecule has 0 aromatic heterocycles. The number of piperidine rings is 1. The van der Waals surface area contributed by atoms with Crippen LogP contribution >= 0.6 is 0 Å². The smallest absolute Gasteiger partial charge is 0.341 e. The third-order valence-corrected chi connectivity index (χ3v) is 3.58. The van der Waals surface area contributed by atoms with Crippen LogP contribution in [0.1, 0.15) is 32.1 Å². The molecule has 2 heterocycles. The van der Waals surface area contributed by atoms with E-state index >= 15 is 0 Å². The molecule has 0 aromatic carbocycles. The summed E-state index contributed by atoms with van der Waals surface area (Å²) >= 11 is 0. The molecule has 0 aromatic rings. The van der Waals surface area contributed by atoms with Gasteiger partial charge in [-0.15, -0.1) is 6.58 Å². The molecule has 2 amide bonds. The first-order valence-electron chi connectivity index (χ1n) is 6.74. The molecular formula is C13H22N2O3. The maximum absolute atomic E-state index is 11.8. The maximum atomic E-state index is 11.8. The van der Waals surface area contributed by atoms with Crippen LogP contribution in [0.2, 0.25) is 0 Å². The molecule has 0 spiro atoms. The van der Waals surface area contributed by atoms with Crippen molar-refractivity contribution in [2.45, 2.75) is 38.4 Å². The number of ether oxygens (including phenoxy) is 1. The quantitative estimate of drug-likeness (QED) is 0.619. The van der Waals surface area contributed by atoms with Crippen LogP contribution in [0, 0.1) is 5.92 Å². The molecule has 0 saturated carbocycles. The van der Waals surface area contributed by atoms with Crippen LogP contribution in [-0.2, 0) is 9.57 Å². The van der Waals surface area contributed by atoms with Crippen molar-refractivity contribution < 1.29 is 14.4 Å². The molecule has 0 bridgehead atoms. The van der Waals surface area contributed by atoms with Crippen LogP contribution < -0.4 is 5.48 Å². The summed E-state index contributed by atoms with van der Waals surface area (Å²) in [4.78, 5) is 18.9. The zero-order valence-corrected chi connectivity index (χ0v) is 10.8. The number of carbonyl (C=O) groups excluding carboxylic acids is 1. The second-order valence-electron chi connectivity index (χ2n) is 4.88. The molecule has 2 fully saturated rings. The van der Waals surface area contributed by atoms with Crippen LogP contribution in [0.15, 0.2) is 12.7 Å². The zero-order valence-electron chi connectivity index (χ0n) is 10.8. The highest BCUT2D eigenvalue weighted by Gasteiger charge is 2.22. The standard InChI is InChI=1S/C13H22N2O3/c1-2-11-6-8-15(9-7-11)13(16)14-18-12-5-3-4-10-17-12/h2,11-12H,1,3-10H2,(H,14,16)/t12-/m0/s1. The molecule has 0 unspecified atom stereocenters. The Morgan fingerprint density at radius 2 is 2.11 bits per heavy atom. The number of amides is 2. The van der Waals surface area contributed by atoms with Crippen LogP contribution in [0.3, 0.4) is 0 Å². The van der Waals surface area contributed by atoms with Crippen molar-refractivity contribution in [3.63, 3.8) is 0 Å². The maximum Gasteiger partial charge on any atom is 0.341 e. The molecule has 0 radical (unpaired) electrons. The molecule has 1 N–H and O–H groups in total. The molecule has 5 nitrogen and oxygen atoms in total. The minimum absolute atomic E-state index is 0.160. The van der Waals surface area contributed by atoms with E-state index in [-0.39, 0.29) is 12.3 Å². The van der Waals surface area contributed by atoms with Gasteiger partial charge in [0, 0.05) is 26.1 Å². The van der Waals surface area contributed by atoms with Gasteiger partial charge in [0.1, 0.15) is 0 Å². The molecule has 2 aliphatic rings. The van der Waals surface area contributed by atoms with Gasteiger partial charge in [-0.05, 0) is 31.6 Å². The Labute approximate surface area is 108 Å². The van der Waals surface area contributed by atoms with Crippen molar-refractivity contribution in [1.82, 2.24) is 10.4 Å². The van der Waals surface area contributed by atoms with E-state index in [4.69, 9.17) is 9.57 Å². The second kappa shape index (κ2) is 6.75. The zero-order chi connectivity index (χ0) is 12.8. The van der Waals surface area contributed by atoms with Gasteiger partial charge in [0.25, 0.3) is 0 Å². The number of nitrogens with zero attached hydrogens (tertiary/aromatic N) is 1. The molecule has 0 aliphatic carbocycles. The van der Waals surface area contributed by atoms with E-state index in [2.05, 4.69) is 12.1 Å². The Morgan fingerprint density at radius 3 is 2.72 bits per heavy atom. The fraction of sp³-hybridized carbons (Fsp3) is 0.769. The largest absolute Gasteiger partial charge is 0.350 e. The monoisotopic (exact) mass is 254 g/mol. The van der Waals surface area contributed by atoms with Crippen molar-refractivity contribution in [3.05, 3.63) is 12.7 Å². The fourth-order valence-corrected chi connectivity index (χ4v) is 2.32. The Hall–Kier alpha value is -1.07. The summed E-state index contributed by atoms with van der Waals surface area (Å²) in [6.07, 6.45) is 6.66. The van der Waals surface area contributed by atoms with Gasteiger partial charge in [-0.1, -0.05) is 6.08 Å². The minimum atomic E-state index is -0.284. The molecule has 5 heteroatoms. The number of hydrogen-bond donors (Lipinski definition) is 1. The first-order valence-corrected chi connectivity index (χ1v) is 6.74. The highest BCUT2D eigenvalue weighted by molar-refractivity contribution is 5.73. The number of carbonyl (C=O) groups is 1. The first-order chi connectivity index (χ1) is 8.79. The molecule has 1 atom stereocenters. The van der Waals surface area contributed by atoms with Crippen LogP contribution in [-0.4, -0.2) is 36.9 Å². The third-order valence-electron chi connectivity index (χ3n) is 3.58. The van der Waals surface area contributed by atoms with E-state index in [0.29, 0.717) is 12.5 Å². The average molecular weight is 254 g/mol. The van der Waals surface area contributed by atoms with Gasteiger partial charge in [0.15, 0.2) is 6.29 Å². The van der Waals surface area contributed by atoms with Crippen LogP contribution in [0.4, 0.5) is 4.79 Å². The number of urea groups is 1. The van der Waals surface area contributed by atoms with Gasteiger partial charge in [0.05, 0.1) is 0 Å². The number of hydroxylamine groups is 1. The van der Waals surface area contributed by atoms with E-state index in [1.54, 1.807) is 4.90 Å². The molecule has 2 saturated heterocycles. The normalized spacial score (nSPS) is 25.8. The first kappa shape index (κ1) is 13.4. The third kappa shape index (κ3) is 3.71. The van der Waals surface area contributed by atoms with E-state index in [0.717, 1.165) is 45.2 Å². The van der Waals surface area contributed by atoms with Gasteiger partial charge in [0.2, 0.25) is 0 Å². The second-order valence-corrected chi connectivity index (χ2v) is 4.88. The van der Waals surface area contributed by atoms with E-state index in [1.807, 2.05) is 6.08 Å². The molecular weight excluding hydrogens is 232 g/mol. The van der Waals surface area contributed by atoms with Gasteiger partial charge < -0.3 is 9.64 Å². The van der Waals surface area contributed by atoms with Gasteiger partial charge >= 0.3 is 6.03 Å². The average Bonchev–Trinajstić information content (AvgIpc) is 2.46. The summed E-state index contributed by atoms with van der Waals surface area (Å²) in [6, 6.07) is -0.160.